The van der Waals surface area contributed by atoms with Gasteiger partial charge in [0.15, 0.2) is 0 Å². The second-order valence-electron chi connectivity index (χ2n) is 4.95. The molecule has 1 fully saturated rings. The lowest BCUT2D eigenvalue weighted by Crippen LogP contribution is -2.40. The van der Waals surface area contributed by atoms with Gasteiger partial charge in [0.05, 0.1) is 4.90 Å². The molecular formula is C13H18FNO2S. The van der Waals surface area contributed by atoms with Crippen molar-refractivity contribution >= 4 is 10.0 Å². The Labute approximate surface area is 107 Å². The molecule has 0 amide bonds. The zero-order valence-corrected chi connectivity index (χ0v) is 11.2. The average Bonchev–Trinajstić information content (AvgIpc) is 2.32. The minimum absolute atomic E-state index is 0.000253. The third kappa shape index (κ3) is 3.09. The van der Waals surface area contributed by atoms with Crippen LogP contribution in [0.15, 0.2) is 29.2 Å². The molecule has 0 spiro atoms. The van der Waals surface area contributed by atoms with E-state index in [4.69, 9.17) is 0 Å². The highest BCUT2D eigenvalue weighted by molar-refractivity contribution is 7.89. The molecule has 0 aromatic heterocycles. The first-order valence-electron chi connectivity index (χ1n) is 6.27. The summed E-state index contributed by atoms with van der Waals surface area (Å²) >= 11 is 0. The monoisotopic (exact) mass is 271 g/mol. The Morgan fingerprint density at radius 3 is 2.67 bits per heavy atom. The summed E-state index contributed by atoms with van der Waals surface area (Å²) in [6, 6.07) is 5.08. The van der Waals surface area contributed by atoms with Crippen molar-refractivity contribution in [3.63, 3.8) is 0 Å². The first kappa shape index (κ1) is 13.5. The minimum Gasteiger partial charge on any atom is -0.208 e. The first-order chi connectivity index (χ1) is 8.49. The molecule has 5 heteroatoms. The number of sulfonamides is 1. The maximum absolute atomic E-state index is 13.1. The highest BCUT2D eigenvalue weighted by atomic mass is 32.2. The van der Waals surface area contributed by atoms with E-state index >= 15 is 0 Å². The number of halogens is 1. The quantitative estimate of drug-likeness (QED) is 0.918. The van der Waals surface area contributed by atoms with Gasteiger partial charge in [0.2, 0.25) is 10.0 Å². The van der Waals surface area contributed by atoms with Crippen LogP contribution in [-0.2, 0) is 10.0 Å². The lowest BCUT2D eigenvalue weighted by molar-refractivity contribution is 0.310. The Bertz CT molecular complexity index is 515. The van der Waals surface area contributed by atoms with Gasteiger partial charge in [-0.1, -0.05) is 25.8 Å². The van der Waals surface area contributed by atoms with Gasteiger partial charge in [-0.15, -0.1) is 0 Å². The van der Waals surface area contributed by atoms with Gasteiger partial charge in [0.1, 0.15) is 5.82 Å². The van der Waals surface area contributed by atoms with Gasteiger partial charge < -0.3 is 0 Å². The standard InChI is InChI=1S/C13H18FNO2S/c1-10-5-2-3-8-13(10)15-18(16,17)12-7-4-6-11(14)9-12/h4,6-7,9-10,13,15H,2-3,5,8H2,1H3/t10-,13+/m1/s1. The van der Waals surface area contributed by atoms with Crippen LogP contribution in [0.5, 0.6) is 0 Å². The van der Waals surface area contributed by atoms with Gasteiger partial charge in [0, 0.05) is 6.04 Å². The van der Waals surface area contributed by atoms with E-state index in [0.717, 1.165) is 31.7 Å². The van der Waals surface area contributed by atoms with Crippen LogP contribution in [0.25, 0.3) is 0 Å². The second-order valence-corrected chi connectivity index (χ2v) is 6.66. The van der Waals surface area contributed by atoms with Crippen molar-refractivity contribution in [2.24, 2.45) is 5.92 Å². The van der Waals surface area contributed by atoms with E-state index in [1.807, 2.05) is 0 Å². The summed E-state index contributed by atoms with van der Waals surface area (Å²) in [4.78, 5) is 0.000253. The predicted octanol–water partition coefficient (Wildman–Crippen LogP) is 2.68. The molecule has 0 aliphatic heterocycles. The summed E-state index contributed by atoms with van der Waals surface area (Å²) in [6.07, 6.45) is 4.09. The summed E-state index contributed by atoms with van der Waals surface area (Å²) in [5.41, 5.74) is 0. The van der Waals surface area contributed by atoms with Crippen molar-refractivity contribution in [1.82, 2.24) is 4.72 Å². The van der Waals surface area contributed by atoms with E-state index in [1.54, 1.807) is 0 Å². The predicted molar refractivity (Wildman–Crippen MR) is 68.1 cm³/mol. The van der Waals surface area contributed by atoms with Gasteiger partial charge in [-0.2, -0.15) is 0 Å². The molecule has 3 nitrogen and oxygen atoms in total. The SMILES string of the molecule is C[C@@H]1CCCC[C@@H]1NS(=O)(=O)c1cccc(F)c1. The van der Waals surface area contributed by atoms with Crippen molar-refractivity contribution < 1.29 is 12.8 Å². The summed E-state index contributed by atoms with van der Waals surface area (Å²) < 4.78 is 40.0. The summed E-state index contributed by atoms with van der Waals surface area (Å²) in [6.45, 7) is 2.05. The smallest absolute Gasteiger partial charge is 0.208 e. The fraction of sp³-hybridized carbons (Fsp3) is 0.538. The summed E-state index contributed by atoms with van der Waals surface area (Å²) in [7, 11) is -3.61. The van der Waals surface area contributed by atoms with Gasteiger partial charge in [-0.05, 0) is 37.0 Å². The maximum atomic E-state index is 13.1. The lowest BCUT2D eigenvalue weighted by atomic mass is 9.87. The number of nitrogens with one attached hydrogen (secondary N) is 1. The van der Waals surface area contributed by atoms with Crippen molar-refractivity contribution in [2.75, 3.05) is 0 Å². The zero-order valence-electron chi connectivity index (χ0n) is 10.4. The molecule has 1 saturated carbocycles. The first-order valence-corrected chi connectivity index (χ1v) is 7.75. The van der Waals surface area contributed by atoms with E-state index in [9.17, 15) is 12.8 Å². The number of hydrogen-bond donors (Lipinski definition) is 1. The number of hydrogen-bond acceptors (Lipinski definition) is 2. The Kier molecular flexibility index (Phi) is 4.02. The van der Waals surface area contributed by atoms with Crippen LogP contribution in [0, 0.1) is 11.7 Å². The van der Waals surface area contributed by atoms with Crippen LogP contribution < -0.4 is 4.72 Å². The molecule has 18 heavy (non-hydrogen) atoms. The second kappa shape index (κ2) is 5.36. The zero-order chi connectivity index (χ0) is 13.2. The molecule has 0 unspecified atom stereocenters. The van der Waals surface area contributed by atoms with Crippen LogP contribution in [-0.4, -0.2) is 14.5 Å². The topological polar surface area (TPSA) is 46.2 Å². The fourth-order valence-corrected chi connectivity index (χ4v) is 3.80. The van der Waals surface area contributed by atoms with E-state index in [2.05, 4.69) is 11.6 Å². The molecule has 1 aromatic carbocycles. The molecule has 1 aliphatic carbocycles. The van der Waals surface area contributed by atoms with Crippen LogP contribution in [0.3, 0.4) is 0 Å². The Balaban J connectivity index is 2.16. The molecule has 0 bridgehead atoms. The third-order valence-electron chi connectivity index (χ3n) is 3.52. The summed E-state index contributed by atoms with van der Waals surface area (Å²) in [5, 5.41) is 0. The van der Waals surface area contributed by atoms with Crippen molar-refractivity contribution in [3.8, 4) is 0 Å². The van der Waals surface area contributed by atoms with Crippen LogP contribution in [0.4, 0.5) is 4.39 Å². The number of benzene rings is 1. The van der Waals surface area contributed by atoms with E-state index < -0.39 is 15.8 Å². The van der Waals surface area contributed by atoms with Crippen molar-refractivity contribution in [2.45, 2.75) is 43.5 Å². The summed E-state index contributed by atoms with van der Waals surface area (Å²) in [5.74, 6) is -0.198. The van der Waals surface area contributed by atoms with E-state index in [-0.39, 0.29) is 10.9 Å². The Morgan fingerprint density at radius 2 is 2.00 bits per heavy atom. The van der Waals surface area contributed by atoms with Gasteiger partial charge in [-0.25, -0.2) is 17.5 Å². The average molecular weight is 271 g/mol. The molecule has 0 saturated heterocycles. The van der Waals surface area contributed by atoms with Gasteiger partial charge >= 0.3 is 0 Å². The van der Waals surface area contributed by atoms with Crippen LogP contribution in [0.2, 0.25) is 0 Å². The normalized spacial score (nSPS) is 25.0. The molecule has 100 valence electrons. The largest absolute Gasteiger partial charge is 0.240 e. The molecule has 1 aromatic rings. The molecule has 0 heterocycles. The van der Waals surface area contributed by atoms with Crippen LogP contribution in [0.1, 0.15) is 32.6 Å². The third-order valence-corrected chi connectivity index (χ3v) is 5.01. The van der Waals surface area contributed by atoms with Gasteiger partial charge in [0.25, 0.3) is 0 Å². The molecule has 1 aliphatic rings. The Hall–Kier alpha value is -0.940. The number of rotatable bonds is 3. The lowest BCUT2D eigenvalue weighted by Gasteiger charge is -2.29. The maximum Gasteiger partial charge on any atom is 0.240 e. The van der Waals surface area contributed by atoms with Gasteiger partial charge in [-0.3, -0.25) is 0 Å². The van der Waals surface area contributed by atoms with E-state index in [1.165, 1.54) is 18.2 Å². The highest BCUT2D eigenvalue weighted by Gasteiger charge is 2.26. The van der Waals surface area contributed by atoms with Crippen molar-refractivity contribution in [1.29, 1.82) is 0 Å². The Morgan fingerprint density at radius 1 is 1.28 bits per heavy atom. The molecular weight excluding hydrogens is 253 g/mol. The van der Waals surface area contributed by atoms with Crippen molar-refractivity contribution in [3.05, 3.63) is 30.1 Å². The molecule has 2 rings (SSSR count). The van der Waals surface area contributed by atoms with E-state index in [0.29, 0.717) is 5.92 Å². The highest BCUT2D eigenvalue weighted by Crippen LogP contribution is 2.25. The molecule has 0 radical (unpaired) electrons. The van der Waals surface area contributed by atoms with Crippen LogP contribution >= 0.6 is 0 Å². The molecule has 2 atom stereocenters. The molecule has 1 N–H and O–H groups in total. The minimum atomic E-state index is -3.61. The fourth-order valence-electron chi connectivity index (χ4n) is 2.39.